The van der Waals surface area contributed by atoms with Gasteiger partial charge in [0.15, 0.2) is 0 Å². The Bertz CT molecular complexity index is 722. The standard InChI is InChI=1S/C17H20N2O3/c1-4-14(12-7-5-6-8-15(12)22-3)19-17(21)13-10-9-11(2)18-16(13)20/h5-10,14H,4H2,1-3H3,(H,18,20)(H,19,21)/t14-/m0/s1. The average molecular weight is 300 g/mol. The number of para-hydroxylation sites is 1. The first kappa shape index (κ1) is 15.8. The topological polar surface area (TPSA) is 71.2 Å². The second-order valence-corrected chi connectivity index (χ2v) is 5.06. The Kier molecular flexibility index (Phi) is 4.99. The molecule has 0 bridgehead atoms. The molecule has 0 aliphatic carbocycles. The van der Waals surface area contributed by atoms with Gasteiger partial charge in [0.05, 0.1) is 13.2 Å². The van der Waals surface area contributed by atoms with E-state index in [9.17, 15) is 9.59 Å². The highest BCUT2D eigenvalue weighted by Crippen LogP contribution is 2.26. The Labute approximate surface area is 129 Å². The molecule has 2 aromatic rings. The number of aromatic amines is 1. The Morgan fingerprint density at radius 1 is 1.27 bits per heavy atom. The van der Waals surface area contributed by atoms with Crippen molar-refractivity contribution in [2.45, 2.75) is 26.3 Å². The molecule has 116 valence electrons. The molecule has 0 saturated carbocycles. The van der Waals surface area contributed by atoms with Crippen molar-refractivity contribution in [3.63, 3.8) is 0 Å². The minimum Gasteiger partial charge on any atom is -0.496 e. The minimum atomic E-state index is -0.390. The predicted molar refractivity (Wildman–Crippen MR) is 85.3 cm³/mol. The van der Waals surface area contributed by atoms with Crippen LogP contribution < -0.4 is 15.6 Å². The predicted octanol–water partition coefficient (Wildman–Crippen LogP) is 2.57. The number of methoxy groups -OCH3 is 1. The summed E-state index contributed by atoms with van der Waals surface area (Å²) in [6, 6.07) is 10.6. The number of benzene rings is 1. The quantitative estimate of drug-likeness (QED) is 0.891. The molecule has 0 radical (unpaired) electrons. The number of carbonyl (C=O) groups is 1. The number of hydrogen-bond donors (Lipinski definition) is 2. The van der Waals surface area contributed by atoms with E-state index in [4.69, 9.17) is 4.74 Å². The Hall–Kier alpha value is -2.56. The molecule has 0 aliphatic rings. The van der Waals surface area contributed by atoms with Crippen LogP contribution in [0.15, 0.2) is 41.2 Å². The Balaban J connectivity index is 2.26. The molecule has 2 rings (SSSR count). The zero-order valence-corrected chi connectivity index (χ0v) is 13.0. The van der Waals surface area contributed by atoms with Gasteiger partial charge in [-0.1, -0.05) is 25.1 Å². The van der Waals surface area contributed by atoms with Gasteiger partial charge >= 0.3 is 0 Å². The van der Waals surface area contributed by atoms with Crippen LogP contribution in [0, 0.1) is 6.92 Å². The van der Waals surface area contributed by atoms with Gasteiger partial charge in [0.25, 0.3) is 11.5 Å². The van der Waals surface area contributed by atoms with E-state index in [-0.39, 0.29) is 23.1 Å². The first-order chi connectivity index (χ1) is 10.6. The number of pyridine rings is 1. The van der Waals surface area contributed by atoms with Crippen LogP contribution in [0.1, 0.15) is 41.0 Å². The number of amides is 1. The normalized spacial score (nSPS) is 11.8. The van der Waals surface area contributed by atoms with Gasteiger partial charge in [-0.3, -0.25) is 9.59 Å². The van der Waals surface area contributed by atoms with Gasteiger partial charge < -0.3 is 15.0 Å². The highest BCUT2D eigenvalue weighted by atomic mass is 16.5. The van der Waals surface area contributed by atoms with E-state index in [1.807, 2.05) is 31.2 Å². The van der Waals surface area contributed by atoms with Crippen LogP contribution in [0.3, 0.4) is 0 Å². The molecular formula is C17H20N2O3. The van der Waals surface area contributed by atoms with E-state index in [2.05, 4.69) is 10.3 Å². The number of H-pyrrole nitrogens is 1. The van der Waals surface area contributed by atoms with Crippen LogP contribution in [-0.2, 0) is 0 Å². The third-order valence-corrected chi connectivity index (χ3v) is 3.53. The van der Waals surface area contributed by atoms with Crippen molar-refractivity contribution in [3.05, 3.63) is 63.6 Å². The SMILES string of the molecule is CC[C@H](NC(=O)c1ccc(C)[nH]c1=O)c1ccccc1OC. The molecule has 0 aliphatic heterocycles. The fourth-order valence-electron chi connectivity index (χ4n) is 2.34. The number of nitrogens with one attached hydrogen (secondary N) is 2. The van der Waals surface area contributed by atoms with Crippen molar-refractivity contribution < 1.29 is 9.53 Å². The second kappa shape index (κ2) is 6.93. The van der Waals surface area contributed by atoms with Crippen molar-refractivity contribution in [2.75, 3.05) is 7.11 Å². The lowest BCUT2D eigenvalue weighted by Gasteiger charge is -2.19. The number of ether oxygens (including phenoxy) is 1. The summed E-state index contributed by atoms with van der Waals surface area (Å²) in [7, 11) is 1.60. The minimum absolute atomic E-state index is 0.110. The summed E-state index contributed by atoms with van der Waals surface area (Å²) in [6.45, 7) is 3.74. The maximum Gasteiger partial charge on any atom is 0.260 e. The maximum absolute atomic E-state index is 12.3. The van der Waals surface area contributed by atoms with E-state index in [1.165, 1.54) is 0 Å². The number of hydrogen-bond acceptors (Lipinski definition) is 3. The van der Waals surface area contributed by atoms with Crippen molar-refractivity contribution in [1.29, 1.82) is 0 Å². The molecule has 1 aromatic heterocycles. The summed E-state index contributed by atoms with van der Waals surface area (Å²) in [5, 5.41) is 2.90. The van der Waals surface area contributed by atoms with Gasteiger partial charge in [0.2, 0.25) is 0 Å². The summed E-state index contributed by atoms with van der Waals surface area (Å²) in [4.78, 5) is 26.8. The lowest BCUT2D eigenvalue weighted by Crippen LogP contribution is -2.32. The molecule has 1 amide bonds. The fourth-order valence-corrected chi connectivity index (χ4v) is 2.34. The molecular weight excluding hydrogens is 280 g/mol. The summed E-state index contributed by atoms with van der Waals surface area (Å²) in [5.41, 5.74) is 1.34. The zero-order chi connectivity index (χ0) is 16.1. The first-order valence-electron chi connectivity index (χ1n) is 7.20. The van der Waals surface area contributed by atoms with Gasteiger partial charge in [0.1, 0.15) is 11.3 Å². The summed E-state index contributed by atoms with van der Waals surface area (Å²) < 4.78 is 5.34. The third-order valence-electron chi connectivity index (χ3n) is 3.53. The Morgan fingerprint density at radius 2 is 2.00 bits per heavy atom. The van der Waals surface area contributed by atoms with Crippen LogP contribution in [0.25, 0.3) is 0 Å². The van der Waals surface area contributed by atoms with Crippen LogP contribution in [0.4, 0.5) is 0 Å². The monoisotopic (exact) mass is 300 g/mol. The number of carbonyl (C=O) groups excluding carboxylic acids is 1. The fraction of sp³-hybridized carbons (Fsp3) is 0.294. The number of aryl methyl sites for hydroxylation is 1. The van der Waals surface area contributed by atoms with Crippen molar-refractivity contribution in [1.82, 2.24) is 10.3 Å². The molecule has 1 aromatic carbocycles. The van der Waals surface area contributed by atoms with Crippen LogP contribution in [-0.4, -0.2) is 18.0 Å². The molecule has 0 unspecified atom stereocenters. The molecule has 0 saturated heterocycles. The van der Waals surface area contributed by atoms with Gasteiger partial charge in [-0.2, -0.15) is 0 Å². The summed E-state index contributed by atoms with van der Waals surface area (Å²) in [5.74, 6) is 0.325. The lowest BCUT2D eigenvalue weighted by atomic mass is 10.0. The van der Waals surface area contributed by atoms with E-state index in [0.29, 0.717) is 12.2 Å². The molecule has 1 heterocycles. The van der Waals surface area contributed by atoms with Crippen molar-refractivity contribution >= 4 is 5.91 Å². The molecule has 2 N–H and O–H groups in total. The van der Waals surface area contributed by atoms with E-state index >= 15 is 0 Å². The highest BCUT2D eigenvalue weighted by Gasteiger charge is 2.19. The lowest BCUT2D eigenvalue weighted by molar-refractivity contribution is 0.0933. The Morgan fingerprint density at radius 3 is 2.64 bits per heavy atom. The molecule has 5 heteroatoms. The first-order valence-corrected chi connectivity index (χ1v) is 7.20. The highest BCUT2D eigenvalue weighted by molar-refractivity contribution is 5.94. The van der Waals surface area contributed by atoms with E-state index in [0.717, 1.165) is 11.3 Å². The van der Waals surface area contributed by atoms with Crippen molar-refractivity contribution in [3.8, 4) is 5.75 Å². The maximum atomic E-state index is 12.3. The molecule has 5 nitrogen and oxygen atoms in total. The smallest absolute Gasteiger partial charge is 0.260 e. The van der Waals surface area contributed by atoms with Gasteiger partial charge in [-0.15, -0.1) is 0 Å². The number of aromatic nitrogens is 1. The van der Waals surface area contributed by atoms with Crippen LogP contribution >= 0.6 is 0 Å². The largest absolute Gasteiger partial charge is 0.496 e. The van der Waals surface area contributed by atoms with Crippen LogP contribution in [0.2, 0.25) is 0 Å². The van der Waals surface area contributed by atoms with Crippen LogP contribution in [0.5, 0.6) is 5.75 Å². The van der Waals surface area contributed by atoms with Gasteiger partial charge in [0, 0.05) is 11.3 Å². The number of rotatable bonds is 5. The molecule has 0 fully saturated rings. The summed E-state index contributed by atoms with van der Waals surface area (Å²) in [6.07, 6.45) is 0.690. The second-order valence-electron chi connectivity index (χ2n) is 5.06. The molecule has 22 heavy (non-hydrogen) atoms. The van der Waals surface area contributed by atoms with E-state index < -0.39 is 0 Å². The molecule has 0 spiro atoms. The van der Waals surface area contributed by atoms with E-state index in [1.54, 1.807) is 26.2 Å². The molecule has 1 atom stereocenters. The van der Waals surface area contributed by atoms with Gasteiger partial charge in [-0.05, 0) is 31.5 Å². The average Bonchev–Trinajstić information content (AvgIpc) is 2.52. The third kappa shape index (κ3) is 3.36. The summed E-state index contributed by atoms with van der Waals surface area (Å²) >= 11 is 0. The van der Waals surface area contributed by atoms with Crippen molar-refractivity contribution in [2.24, 2.45) is 0 Å². The van der Waals surface area contributed by atoms with Gasteiger partial charge in [-0.25, -0.2) is 0 Å². The zero-order valence-electron chi connectivity index (χ0n) is 13.0.